The van der Waals surface area contributed by atoms with Gasteiger partial charge in [-0.2, -0.15) is 0 Å². The van der Waals surface area contributed by atoms with Crippen LogP contribution in [0, 0.1) is 46.3 Å². The van der Waals surface area contributed by atoms with E-state index in [0.717, 1.165) is 38.6 Å². The van der Waals surface area contributed by atoms with Crippen LogP contribution in [0.3, 0.4) is 0 Å². The Hall–Kier alpha value is -0.940. The predicted octanol–water partition coefficient (Wildman–Crippen LogP) is -0.213. The largest absolute Gasteiger partial charge is 0.394 e. The fourth-order valence-electron chi connectivity index (χ4n) is 14.2. The molecule has 0 bridgehead atoms. The summed E-state index contributed by atoms with van der Waals surface area (Å²) in [5.74, 6) is 3.36. The Morgan fingerprint density at radius 3 is 2.06 bits per heavy atom. The minimum Gasteiger partial charge on any atom is -0.394 e. The van der Waals surface area contributed by atoms with Gasteiger partial charge in [-0.1, -0.05) is 39.3 Å². The van der Waals surface area contributed by atoms with Crippen LogP contribution in [0.2, 0.25) is 0 Å². The van der Waals surface area contributed by atoms with Crippen molar-refractivity contribution in [1.82, 2.24) is 5.32 Å². The monoisotopic (exact) mass is 883 g/mol. The number of hydrogen-bond donors (Lipinski definition) is 10. The van der Waals surface area contributed by atoms with Gasteiger partial charge < -0.3 is 79.1 Å². The second kappa shape index (κ2) is 17.3. The lowest BCUT2D eigenvalue weighted by Crippen LogP contribution is -2.67. The van der Waals surface area contributed by atoms with Crippen molar-refractivity contribution in [3.63, 3.8) is 0 Å². The average molecular weight is 884 g/mol. The van der Waals surface area contributed by atoms with Crippen LogP contribution in [0.4, 0.5) is 0 Å². The molecule has 1 spiro atoms. The van der Waals surface area contributed by atoms with Crippen LogP contribution >= 0.6 is 0 Å². The number of ether oxygens (including phenoxy) is 7. The minimum atomic E-state index is -1.81. The van der Waals surface area contributed by atoms with Crippen molar-refractivity contribution in [2.75, 3.05) is 19.8 Å². The molecule has 354 valence electrons. The first kappa shape index (κ1) is 46.2. The Bertz CT molecular complexity index is 1610. The number of fused-ring (bicyclic) bond motifs is 7. The summed E-state index contributed by atoms with van der Waals surface area (Å²) in [4.78, 5) is 0. The topological polar surface area (TPSA) is 259 Å². The first-order chi connectivity index (χ1) is 29.4. The molecule has 8 fully saturated rings. The smallest absolute Gasteiger partial charge is 0.187 e. The zero-order valence-electron chi connectivity index (χ0n) is 36.7. The summed E-state index contributed by atoms with van der Waals surface area (Å²) in [5, 5.41) is 99.6. The Balaban J connectivity index is 0.917. The molecule has 0 amide bonds. The summed E-state index contributed by atoms with van der Waals surface area (Å²) in [6, 6.07) is 0. The molecule has 0 aromatic rings. The van der Waals surface area contributed by atoms with Crippen molar-refractivity contribution < 1.29 is 79.1 Å². The summed E-state index contributed by atoms with van der Waals surface area (Å²) < 4.78 is 43.5. The van der Waals surface area contributed by atoms with Gasteiger partial charge in [0.05, 0.1) is 31.5 Å². The van der Waals surface area contributed by atoms with E-state index >= 15 is 0 Å². The van der Waals surface area contributed by atoms with Gasteiger partial charge in [0.1, 0.15) is 72.9 Å². The molecule has 0 aromatic heterocycles. The highest BCUT2D eigenvalue weighted by atomic mass is 16.8. The fourth-order valence-corrected chi connectivity index (χ4v) is 14.2. The van der Waals surface area contributed by atoms with Crippen LogP contribution in [0.25, 0.3) is 0 Å². The third-order valence-corrected chi connectivity index (χ3v) is 17.9. The molecule has 9 rings (SSSR count). The normalized spacial score (nSPS) is 57.6. The third kappa shape index (κ3) is 7.49. The summed E-state index contributed by atoms with van der Waals surface area (Å²) in [6.45, 7) is 10.9. The number of allylic oxidation sites excluding steroid dienone is 1. The highest BCUT2D eigenvalue weighted by Crippen LogP contribution is 2.70. The van der Waals surface area contributed by atoms with E-state index in [9.17, 15) is 46.0 Å². The van der Waals surface area contributed by atoms with Crippen molar-refractivity contribution in [2.24, 2.45) is 46.3 Å². The summed E-state index contributed by atoms with van der Waals surface area (Å²) in [7, 11) is 0. The Morgan fingerprint density at radius 2 is 1.37 bits per heavy atom. The molecule has 17 heteroatoms. The molecule has 26 atom stereocenters. The Kier molecular flexibility index (Phi) is 12.9. The van der Waals surface area contributed by atoms with Crippen LogP contribution in [0.1, 0.15) is 92.4 Å². The molecule has 3 saturated carbocycles. The number of aliphatic hydroxyl groups excluding tert-OH is 9. The number of aliphatic hydroxyl groups is 9. The average Bonchev–Trinajstić information content (AvgIpc) is 3.70. The van der Waals surface area contributed by atoms with Gasteiger partial charge in [-0.3, -0.25) is 5.32 Å². The molecule has 17 nitrogen and oxygen atoms in total. The molecule has 0 aromatic carbocycles. The maximum absolute atomic E-state index is 12.0. The molecule has 5 saturated heterocycles. The zero-order valence-corrected chi connectivity index (χ0v) is 36.7. The quantitative estimate of drug-likeness (QED) is 0.142. The van der Waals surface area contributed by atoms with Crippen LogP contribution in [0.15, 0.2) is 11.6 Å². The molecule has 4 aliphatic carbocycles. The molecule has 62 heavy (non-hydrogen) atoms. The highest BCUT2D eigenvalue weighted by Gasteiger charge is 2.68. The van der Waals surface area contributed by atoms with Crippen LogP contribution in [-0.2, 0) is 33.2 Å². The van der Waals surface area contributed by atoms with E-state index in [0.29, 0.717) is 48.3 Å². The summed E-state index contributed by atoms with van der Waals surface area (Å²) in [5.41, 5.74) is 1.35. The van der Waals surface area contributed by atoms with Crippen molar-refractivity contribution in [2.45, 2.75) is 202 Å². The number of hydrogen-bond acceptors (Lipinski definition) is 17. The van der Waals surface area contributed by atoms with Gasteiger partial charge in [0.2, 0.25) is 0 Å². The van der Waals surface area contributed by atoms with Crippen molar-refractivity contribution in [1.29, 1.82) is 0 Å². The second-order valence-corrected chi connectivity index (χ2v) is 21.2. The highest BCUT2D eigenvalue weighted by molar-refractivity contribution is 5.26. The van der Waals surface area contributed by atoms with Crippen molar-refractivity contribution in [3.05, 3.63) is 11.6 Å². The molecular formula is C45H73NO16. The van der Waals surface area contributed by atoms with Gasteiger partial charge in [-0.05, 0) is 105 Å². The van der Waals surface area contributed by atoms with Gasteiger partial charge >= 0.3 is 0 Å². The Labute approximate surface area is 364 Å². The van der Waals surface area contributed by atoms with Crippen LogP contribution in [-0.4, -0.2) is 176 Å². The van der Waals surface area contributed by atoms with Gasteiger partial charge in [0.25, 0.3) is 0 Å². The van der Waals surface area contributed by atoms with E-state index < -0.39 is 105 Å². The third-order valence-electron chi connectivity index (χ3n) is 17.9. The maximum Gasteiger partial charge on any atom is 0.187 e. The van der Waals surface area contributed by atoms with Gasteiger partial charge in [-0.15, -0.1) is 0 Å². The van der Waals surface area contributed by atoms with E-state index in [2.05, 4.69) is 39.1 Å². The molecule has 5 aliphatic heterocycles. The molecule has 9 aliphatic rings. The predicted molar refractivity (Wildman–Crippen MR) is 216 cm³/mol. The molecule has 0 radical (unpaired) electrons. The van der Waals surface area contributed by atoms with Gasteiger partial charge in [0.15, 0.2) is 18.9 Å². The van der Waals surface area contributed by atoms with E-state index in [4.69, 9.17) is 33.2 Å². The standard InChI is InChI=1S/C45H73NO16/c1-19-8-13-45(46-16-19)20(2)30-27(62-45)15-26-24-7-6-22-14-23(9-11-43(22,4)25(24)10-12-44(26,30)5)57-42-39(61-40-35(53)33(51)31(49)21(3)56-40)37(55)38(29(18-48)59-42)60-41-36(54)34(52)32(50)28(17-47)58-41/h6,19-21,23-42,46-55H,7-18H2,1-5H3/t19-,20+,21+,23+,24?,25?,26?,27?,28-,29-,30?,31+,32-,33-,34+,35-,36-,37+,38-,39-,40+,41+,42-,43+,44+,45?/m1/s1. The maximum atomic E-state index is 12.0. The molecule has 10 N–H and O–H groups in total. The van der Waals surface area contributed by atoms with Crippen molar-refractivity contribution >= 4 is 0 Å². The van der Waals surface area contributed by atoms with E-state index in [1.165, 1.54) is 25.3 Å². The van der Waals surface area contributed by atoms with E-state index in [1.54, 1.807) is 0 Å². The zero-order chi connectivity index (χ0) is 44.2. The lowest BCUT2D eigenvalue weighted by Gasteiger charge is -2.59. The second-order valence-electron chi connectivity index (χ2n) is 21.2. The molecule has 5 heterocycles. The SMILES string of the molecule is C[C@@H]1CCC2(NC1)OC1CC3C4CC=C5C[C@@H](O[C@@H]6O[C@H](CO)[C@@H](O[C@@H]7O[C@H](CO)[C@@H](O)[C@H](O)[C@H]7O)[C@H](O)[C@H]6O[C@@H]6O[C@@H](C)[C@H](O)[C@@H](O)[C@H]6O)CC[C@]5(C)C4CC[C@]3(C)C1[C@@H]2C. The summed E-state index contributed by atoms with van der Waals surface area (Å²) in [6.07, 6.45) is -11.6. The lowest BCUT2D eigenvalue weighted by molar-refractivity contribution is -0.389. The van der Waals surface area contributed by atoms with Crippen LogP contribution in [0.5, 0.6) is 0 Å². The van der Waals surface area contributed by atoms with Gasteiger partial charge in [-0.25, -0.2) is 0 Å². The fraction of sp³-hybridized carbons (Fsp3) is 0.956. The Morgan fingerprint density at radius 1 is 0.694 bits per heavy atom. The van der Waals surface area contributed by atoms with Gasteiger partial charge in [0, 0.05) is 12.5 Å². The minimum absolute atomic E-state index is 0.0233. The van der Waals surface area contributed by atoms with Crippen LogP contribution < -0.4 is 5.32 Å². The first-order valence-electron chi connectivity index (χ1n) is 23.5. The van der Waals surface area contributed by atoms with E-state index in [1.807, 2.05) is 0 Å². The molecule has 6 unspecified atom stereocenters. The van der Waals surface area contributed by atoms with E-state index in [-0.39, 0.29) is 28.8 Å². The lowest BCUT2D eigenvalue weighted by atomic mass is 9.47. The first-order valence-corrected chi connectivity index (χ1v) is 23.5. The molecular weight excluding hydrogens is 810 g/mol. The number of rotatable bonds is 8. The number of piperidine rings is 1. The summed E-state index contributed by atoms with van der Waals surface area (Å²) >= 11 is 0. The van der Waals surface area contributed by atoms with Crippen molar-refractivity contribution in [3.8, 4) is 0 Å². The number of nitrogens with one attached hydrogen (secondary N) is 1.